The van der Waals surface area contributed by atoms with Crippen LogP contribution in [0.5, 0.6) is 0 Å². The van der Waals surface area contributed by atoms with E-state index in [9.17, 15) is 0 Å². The second-order valence-corrected chi connectivity index (χ2v) is 5.80. The third-order valence-electron chi connectivity index (χ3n) is 4.29. The summed E-state index contributed by atoms with van der Waals surface area (Å²) in [4.78, 5) is 6.77. The van der Waals surface area contributed by atoms with Crippen LogP contribution in [-0.2, 0) is 0 Å². The Morgan fingerprint density at radius 3 is 2.52 bits per heavy atom. The summed E-state index contributed by atoms with van der Waals surface area (Å²) >= 11 is 0. The van der Waals surface area contributed by atoms with Crippen LogP contribution >= 0.6 is 24.0 Å². The molecule has 21 heavy (non-hydrogen) atoms. The first-order valence-electron chi connectivity index (χ1n) is 7.50. The van der Waals surface area contributed by atoms with Crippen LogP contribution in [0.3, 0.4) is 0 Å². The fraction of sp³-hybridized carbons (Fsp3) is 0.471. The van der Waals surface area contributed by atoms with Gasteiger partial charge in [0.15, 0.2) is 5.96 Å². The molecule has 1 aliphatic heterocycles. The van der Waals surface area contributed by atoms with E-state index in [-0.39, 0.29) is 24.0 Å². The van der Waals surface area contributed by atoms with Gasteiger partial charge in [0.25, 0.3) is 0 Å². The second-order valence-electron chi connectivity index (χ2n) is 5.80. The standard InChI is InChI=1S/C17H23N3.HI/c1-13-12-16(13)19-17(18-2)20-10-8-15(9-11-20)14-6-4-3-5-7-14;/h3-8,13,16H,9-12H2,1-2H3,(H,18,19);1H. The first-order valence-corrected chi connectivity index (χ1v) is 7.50. The molecule has 0 radical (unpaired) electrons. The quantitative estimate of drug-likeness (QED) is 0.471. The lowest BCUT2D eigenvalue weighted by molar-refractivity contribution is 0.438. The molecule has 1 heterocycles. The van der Waals surface area contributed by atoms with E-state index in [1.54, 1.807) is 0 Å². The van der Waals surface area contributed by atoms with Crippen molar-refractivity contribution in [1.82, 2.24) is 10.2 Å². The van der Waals surface area contributed by atoms with E-state index in [0.29, 0.717) is 6.04 Å². The first-order chi connectivity index (χ1) is 9.78. The Bertz CT molecular complexity index is 524. The van der Waals surface area contributed by atoms with Crippen molar-refractivity contribution < 1.29 is 0 Å². The third kappa shape index (κ3) is 3.99. The molecular weight excluding hydrogens is 373 g/mol. The number of rotatable bonds is 2. The number of hydrogen-bond acceptors (Lipinski definition) is 1. The molecule has 4 heteroatoms. The molecule has 3 nitrogen and oxygen atoms in total. The highest BCUT2D eigenvalue weighted by molar-refractivity contribution is 14.0. The Balaban J connectivity index is 0.00000161. The molecule has 0 aromatic heterocycles. The average Bonchev–Trinajstić information content (AvgIpc) is 3.21. The number of nitrogens with one attached hydrogen (secondary N) is 1. The maximum atomic E-state index is 4.43. The van der Waals surface area contributed by atoms with Crippen molar-refractivity contribution in [3.05, 3.63) is 42.0 Å². The lowest BCUT2D eigenvalue weighted by atomic mass is 10.00. The SMILES string of the molecule is CN=C(NC1CC1C)N1CC=C(c2ccccc2)CC1.I. The Morgan fingerprint density at radius 1 is 1.29 bits per heavy atom. The van der Waals surface area contributed by atoms with Crippen LogP contribution in [0.1, 0.15) is 25.3 Å². The summed E-state index contributed by atoms with van der Waals surface area (Å²) in [7, 11) is 1.88. The maximum Gasteiger partial charge on any atom is 0.194 e. The van der Waals surface area contributed by atoms with Crippen LogP contribution < -0.4 is 5.32 Å². The van der Waals surface area contributed by atoms with Gasteiger partial charge in [0.2, 0.25) is 0 Å². The summed E-state index contributed by atoms with van der Waals surface area (Å²) in [5.74, 6) is 1.86. The smallest absolute Gasteiger partial charge is 0.194 e. The summed E-state index contributed by atoms with van der Waals surface area (Å²) in [5.41, 5.74) is 2.81. The van der Waals surface area contributed by atoms with Crippen LogP contribution in [0.4, 0.5) is 0 Å². The molecule has 2 unspecified atom stereocenters. The number of halogens is 1. The van der Waals surface area contributed by atoms with Gasteiger partial charge in [-0.15, -0.1) is 24.0 Å². The van der Waals surface area contributed by atoms with Crippen LogP contribution in [0.25, 0.3) is 5.57 Å². The van der Waals surface area contributed by atoms with Crippen molar-refractivity contribution in [2.45, 2.75) is 25.8 Å². The van der Waals surface area contributed by atoms with Gasteiger partial charge >= 0.3 is 0 Å². The van der Waals surface area contributed by atoms with E-state index in [1.807, 2.05) is 7.05 Å². The topological polar surface area (TPSA) is 27.6 Å². The van der Waals surface area contributed by atoms with Crippen molar-refractivity contribution in [3.8, 4) is 0 Å². The Labute approximate surface area is 144 Å². The van der Waals surface area contributed by atoms with Gasteiger partial charge in [0, 0.05) is 26.2 Å². The molecule has 3 rings (SSSR count). The van der Waals surface area contributed by atoms with E-state index in [4.69, 9.17) is 0 Å². The lowest BCUT2D eigenvalue weighted by Gasteiger charge is -2.30. The number of benzene rings is 1. The molecule has 1 aromatic carbocycles. The van der Waals surface area contributed by atoms with Gasteiger partial charge < -0.3 is 10.2 Å². The molecule has 114 valence electrons. The monoisotopic (exact) mass is 397 g/mol. The van der Waals surface area contributed by atoms with Gasteiger partial charge in [0.1, 0.15) is 0 Å². The summed E-state index contributed by atoms with van der Waals surface area (Å²) in [6.45, 7) is 4.28. The highest BCUT2D eigenvalue weighted by atomic mass is 127. The zero-order chi connectivity index (χ0) is 13.9. The largest absolute Gasteiger partial charge is 0.353 e. The van der Waals surface area contributed by atoms with E-state index in [1.165, 1.54) is 17.6 Å². The highest BCUT2D eigenvalue weighted by Gasteiger charge is 2.34. The molecule has 1 aliphatic carbocycles. The number of aliphatic imine (C=N–C) groups is 1. The molecule has 2 aliphatic rings. The van der Waals surface area contributed by atoms with Gasteiger partial charge in [0.05, 0.1) is 0 Å². The molecule has 1 fully saturated rings. The summed E-state index contributed by atoms with van der Waals surface area (Å²) < 4.78 is 0. The minimum Gasteiger partial charge on any atom is -0.353 e. The summed E-state index contributed by atoms with van der Waals surface area (Å²) in [6.07, 6.45) is 4.70. The molecule has 1 aromatic rings. The predicted octanol–water partition coefficient (Wildman–Crippen LogP) is 3.38. The van der Waals surface area contributed by atoms with E-state index in [2.05, 4.69) is 58.5 Å². The molecule has 0 bridgehead atoms. The summed E-state index contributed by atoms with van der Waals surface area (Å²) in [5, 5.41) is 3.56. The number of guanidine groups is 1. The van der Waals surface area contributed by atoms with Crippen LogP contribution in [0, 0.1) is 5.92 Å². The normalized spacial score (nSPS) is 25.0. The number of nitrogens with zero attached hydrogens (tertiary/aromatic N) is 2. The fourth-order valence-corrected chi connectivity index (χ4v) is 2.76. The first kappa shape index (κ1) is 16.3. The average molecular weight is 397 g/mol. The fourth-order valence-electron chi connectivity index (χ4n) is 2.76. The Morgan fingerprint density at radius 2 is 2.00 bits per heavy atom. The Hall–Kier alpha value is -1.04. The molecule has 0 saturated heterocycles. The van der Waals surface area contributed by atoms with Gasteiger partial charge in [-0.3, -0.25) is 4.99 Å². The predicted molar refractivity (Wildman–Crippen MR) is 100 cm³/mol. The molecule has 0 spiro atoms. The van der Waals surface area contributed by atoms with Gasteiger partial charge in [-0.2, -0.15) is 0 Å². The Kier molecular flexibility index (Phi) is 5.67. The molecular formula is C17H24IN3. The van der Waals surface area contributed by atoms with Crippen molar-refractivity contribution in [2.24, 2.45) is 10.9 Å². The van der Waals surface area contributed by atoms with E-state index < -0.39 is 0 Å². The van der Waals surface area contributed by atoms with Crippen molar-refractivity contribution in [3.63, 3.8) is 0 Å². The van der Waals surface area contributed by atoms with Crippen LogP contribution in [0.15, 0.2) is 41.4 Å². The molecule has 1 N–H and O–H groups in total. The minimum absolute atomic E-state index is 0. The highest BCUT2D eigenvalue weighted by Crippen LogP contribution is 2.29. The van der Waals surface area contributed by atoms with Gasteiger partial charge in [-0.25, -0.2) is 0 Å². The van der Waals surface area contributed by atoms with Crippen LogP contribution in [-0.4, -0.2) is 37.0 Å². The number of hydrogen-bond donors (Lipinski definition) is 1. The van der Waals surface area contributed by atoms with E-state index in [0.717, 1.165) is 31.4 Å². The van der Waals surface area contributed by atoms with Gasteiger partial charge in [-0.05, 0) is 29.9 Å². The molecule has 2 atom stereocenters. The van der Waals surface area contributed by atoms with Gasteiger partial charge in [-0.1, -0.05) is 43.3 Å². The zero-order valence-electron chi connectivity index (χ0n) is 12.7. The summed E-state index contributed by atoms with van der Waals surface area (Å²) in [6, 6.07) is 11.3. The van der Waals surface area contributed by atoms with Crippen molar-refractivity contribution >= 4 is 35.5 Å². The zero-order valence-corrected chi connectivity index (χ0v) is 15.1. The molecule has 1 saturated carbocycles. The third-order valence-corrected chi connectivity index (χ3v) is 4.29. The van der Waals surface area contributed by atoms with Crippen molar-refractivity contribution in [2.75, 3.05) is 20.1 Å². The lowest BCUT2D eigenvalue weighted by Crippen LogP contribution is -2.44. The molecule has 0 amide bonds. The minimum atomic E-state index is 0. The maximum absolute atomic E-state index is 4.43. The van der Waals surface area contributed by atoms with E-state index >= 15 is 0 Å². The van der Waals surface area contributed by atoms with Crippen LogP contribution in [0.2, 0.25) is 0 Å². The van der Waals surface area contributed by atoms with Crippen molar-refractivity contribution in [1.29, 1.82) is 0 Å². The second kappa shape index (κ2) is 7.29.